The van der Waals surface area contributed by atoms with Gasteiger partial charge in [-0.2, -0.15) is 0 Å². The molecule has 0 heterocycles. The van der Waals surface area contributed by atoms with Crippen LogP contribution in [0.2, 0.25) is 0 Å². The van der Waals surface area contributed by atoms with Crippen molar-refractivity contribution in [2.45, 2.75) is 122 Å². The van der Waals surface area contributed by atoms with E-state index >= 15 is 0 Å². The monoisotopic (exact) mass is 853 g/mol. The molecule has 0 saturated heterocycles. The Hall–Kier alpha value is -4.32. The van der Waals surface area contributed by atoms with Crippen LogP contribution in [0.3, 0.4) is 0 Å². The van der Waals surface area contributed by atoms with E-state index in [1.54, 1.807) is 24.3 Å². The molecule has 0 radical (unpaired) electrons. The predicted octanol–water partition coefficient (Wildman–Crippen LogP) is 4.40. The van der Waals surface area contributed by atoms with E-state index in [9.17, 15) is 33.9 Å². The molecular formula is C43H72N4O13. The number of amides is 4. The third-order valence-corrected chi connectivity index (χ3v) is 9.13. The molecule has 4 amide bonds. The van der Waals surface area contributed by atoms with Crippen LogP contribution >= 0.6 is 0 Å². The van der Waals surface area contributed by atoms with Crippen LogP contribution in [-0.2, 0) is 42.9 Å². The van der Waals surface area contributed by atoms with Gasteiger partial charge < -0.3 is 55.2 Å². The number of carbonyl (C=O) groups excluding carboxylic acids is 4. The number of unbranched alkanes of at least 4 members (excludes halogenated alkanes) is 12. The van der Waals surface area contributed by atoms with Crippen LogP contribution in [0.5, 0.6) is 5.75 Å². The summed E-state index contributed by atoms with van der Waals surface area (Å²) in [5.41, 5.74) is 0.253. The minimum Gasteiger partial charge on any atom is -0.494 e. The molecule has 0 spiro atoms. The molecule has 0 aliphatic rings. The molecule has 0 unspecified atom stereocenters. The molecular weight excluding hydrogens is 780 g/mol. The van der Waals surface area contributed by atoms with Crippen LogP contribution in [0.1, 0.15) is 126 Å². The molecule has 1 aromatic rings. The summed E-state index contributed by atoms with van der Waals surface area (Å²) in [7, 11) is 0. The maximum atomic E-state index is 12.4. The molecule has 342 valence electrons. The molecule has 60 heavy (non-hydrogen) atoms. The highest BCUT2D eigenvalue weighted by molar-refractivity contribution is 5.87. The lowest BCUT2D eigenvalue weighted by Crippen LogP contribution is -2.41. The number of rotatable bonds is 41. The molecule has 0 fully saturated rings. The highest BCUT2D eigenvalue weighted by Crippen LogP contribution is 2.15. The van der Waals surface area contributed by atoms with Crippen molar-refractivity contribution in [1.82, 2.24) is 21.3 Å². The van der Waals surface area contributed by atoms with Crippen LogP contribution in [0.15, 0.2) is 24.3 Å². The Morgan fingerprint density at radius 1 is 0.517 bits per heavy atom. The zero-order chi connectivity index (χ0) is 43.9. The van der Waals surface area contributed by atoms with Crippen molar-refractivity contribution in [2.24, 2.45) is 0 Å². The number of carboxylic acids is 2. The largest absolute Gasteiger partial charge is 0.494 e. The Morgan fingerprint density at radius 2 is 0.983 bits per heavy atom. The lowest BCUT2D eigenvalue weighted by molar-refractivity contribution is -0.142. The van der Waals surface area contributed by atoms with Crippen molar-refractivity contribution >= 4 is 35.6 Å². The lowest BCUT2D eigenvalue weighted by atomic mass is 10.0. The van der Waals surface area contributed by atoms with Gasteiger partial charge in [0, 0.05) is 32.5 Å². The van der Waals surface area contributed by atoms with Crippen molar-refractivity contribution < 1.29 is 62.7 Å². The number of nitrogens with one attached hydrogen (secondary N) is 4. The summed E-state index contributed by atoms with van der Waals surface area (Å²) in [4.78, 5) is 70.3. The van der Waals surface area contributed by atoms with Gasteiger partial charge in [0.2, 0.25) is 23.6 Å². The normalized spacial score (nSPS) is 11.4. The number of hydrogen-bond donors (Lipinski definition) is 6. The van der Waals surface area contributed by atoms with Gasteiger partial charge in [-0.25, -0.2) is 9.59 Å². The Kier molecular flexibility index (Phi) is 33.7. The molecule has 0 bridgehead atoms. The standard InChI is InChI=1S/C43H72N4O13/c1-2-23-44-40(50)33-58-31-30-57-28-25-46-41(51)34-59-32-29-56-27-24-45-38(48)22-21-37(43(54)55)47-39(49)16-14-12-10-8-6-4-3-5-7-9-11-13-15-26-60-36-19-17-35(18-20-36)42(52)53/h17-20,37H,2-16,21-34H2,1H3,(H,44,50)(H,45,48)(H,46,51)(H,47,49)(H,52,53)(H,54,55)/t37-/m0/s1. The minimum atomic E-state index is -1.18. The molecule has 1 aromatic carbocycles. The van der Waals surface area contributed by atoms with Crippen LogP contribution in [-0.4, -0.2) is 131 Å². The van der Waals surface area contributed by atoms with Gasteiger partial charge in [0.15, 0.2) is 0 Å². The highest BCUT2D eigenvalue weighted by Gasteiger charge is 2.20. The highest BCUT2D eigenvalue weighted by atomic mass is 16.5. The molecule has 17 heteroatoms. The SMILES string of the molecule is CCCNC(=O)COCCOCCNC(=O)COCCOCCNC(=O)CC[C@H](NC(=O)CCCCCCCCCCCCCCCOc1ccc(C(=O)O)cc1)C(=O)O. The molecule has 1 atom stereocenters. The van der Waals surface area contributed by atoms with E-state index in [1.807, 2.05) is 6.92 Å². The van der Waals surface area contributed by atoms with E-state index < -0.39 is 18.0 Å². The molecule has 0 aromatic heterocycles. The first kappa shape index (κ1) is 53.7. The van der Waals surface area contributed by atoms with Gasteiger partial charge in [0.1, 0.15) is 25.0 Å². The van der Waals surface area contributed by atoms with Crippen molar-refractivity contribution in [3.8, 4) is 5.75 Å². The third-order valence-electron chi connectivity index (χ3n) is 9.13. The summed E-state index contributed by atoms with van der Waals surface area (Å²) in [6, 6.07) is 5.34. The van der Waals surface area contributed by atoms with E-state index in [0.717, 1.165) is 38.5 Å². The number of hydrogen-bond acceptors (Lipinski definition) is 11. The number of carboxylic acid groups (broad SMARTS) is 2. The molecule has 0 aliphatic carbocycles. The number of ether oxygens (including phenoxy) is 5. The second-order valence-corrected chi connectivity index (χ2v) is 14.4. The Morgan fingerprint density at radius 3 is 1.48 bits per heavy atom. The smallest absolute Gasteiger partial charge is 0.335 e. The van der Waals surface area contributed by atoms with E-state index in [2.05, 4.69) is 21.3 Å². The maximum Gasteiger partial charge on any atom is 0.335 e. The van der Waals surface area contributed by atoms with Gasteiger partial charge in [-0.15, -0.1) is 0 Å². The fourth-order valence-electron chi connectivity index (χ4n) is 5.76. The van der Waals surface area contributed by atoms with Gasteiger partial charge in [-0.1, -0.05) is 77.6 Å². The average molecular weight is 853 g/mol. The third kappa shape index (κ3) is 32.5. The Labute approximate surface area is 355 Å². The summed E-state index contributed by atoms with van der Waals surface area (Å²) < 4.78 is 26.9. The zero-order valence-electron chi connectivity index (χ0n) is 35.8. The quantitative estimate of drug-likeness (QED) is 0.0502. The van der Waals surface area contributed by atoms with Crippen molar-refractivity contribution in [3.63, 3.8) is 0 Å². The fraction of sp³-hybridized carbons (Fsp3) is 0.721. The van der Waals surface area contributed by atoms with Gasteiger partial charge in [-0.05, 0) is 49.9 Å². The van der Waals surface area contributed by atoms with Crippen LogP contribution < -0.4 is 26.0 Å². The predicted molar refractivity (Wildman–Crippen MR) is 225 cm³/mol. The molecule has 17 nitrogen and oxygen atoms in total. The first-order valence-corrected chi connectivity index (χ1v) is 21.7. The second kappa shape index (κ2) is 37.7. The van der Waals surface area contributed by atoms with E-state index in [0.29, 0.717) is 45.1 Å². The summed E-state index contributed by atoms with van der Waals surface area (Å²) >= 11 is 0. The molecule has 0 aliphatic heterocycles. The van der Waals surface area contributed by atoms with Crippen molar-refractivity contribution in [3.05, 3.63) is 29.8 Å². The lowest BCUT2D eigenvalue weighted by Gasteiger charge is -2.14. The Bertz CT molecular complexity index is 1320. The van der Waals surface area contributed by atoms with Crippen molar-refractivity contribution in [2.75, 3.05) is 79.1 Å². The van der Waals surface area contributed by atoms with Crippen LogP contribution in [0.25, 0.3) is 0 Å². The number of aliphatic carboxylic acids is 1. The van der Waals surface area contributed by atoms with Gasteiger partial charge in [-0.3, -0.25) is 19.2 Å². The summed E-state index contributed by atoms with van der Waals surface area (Å²) in [6.07, 6.45) is 15.3. The first-order chi connectivity index (χ1) is 29.1. The molecule has 1 rings (SSSR count). The van der Waals surface area contributed by atoms with Gasteiger partial charge in [0.05, 0.1) is 51.8 Å². The second-order valence-electron chi connectivity index (χ2n) is 14.4. The maximum absolute atomic E-state index is 12.4. The average Bonchev–Trinajstić information content (AvgIpc) is 3.23. The van der Waals surface area contributed by atoms with Crippen LogP contribution in [0.4, 0.5) is 0 Å². The van der Waals surface area contributed by atoms with Gasteiger partial charge in [0.25, 0.3) is 0 Å². The van der Waals surface area contributed by atoms with Crippen LogP contribution in [0, 0.1) is 0 Å². The fourth-order valence-corrected chi connectivity index (χ4v) is 5.76. The summed E-state index contributed by atoms with van der Waals surface area (Å²) in [6.45, 7) is 5.06. The Balaban J connectivity index is 1.90. The molecule has 6 N–H and O–H groups in total. The minimum absolute atomic E-state index is 0.0149. The van der Waals surface area contributed by atoms with Crippen molar-refractivity contribution in [1.29, 1.82) is 0 Å². The summed E-state index contributed by atoms with van der Waals surface area (Å²) in [5, 5.41) is 29.0. The van der Waals surface area contributed by atoms with E-state index in [-0.39, 0.29) is 94.6 Å². The molecule has 0 saturated carbocycles. The topological polar surface area (TPSA) is 237 Å². The first-order valence-electron chi connectivity index (χ1n) is 21.7. The number of benzene rings is 1. The van der Waals surface area contributed by atoms with Gasteiger partial charge >= 0.3 is 11.9 Å². The number of aromatic carboxylic acids is 1. The zero-order valence-corrected chi connectivity index (χ0v) is 35.8. The van der Waals surface area contributed by atoms with E-state index in [1.165, 1.54) is 44.9 Å². The summed E-state index contributed by atoms with van der Waals surface area (Å²) in [5.74, 6) is -2.57. The number of carbonyl (C=O) groups is 6. The van der Waals surface area contributed by atoms with E-state index in [4.69, 9.17) is 28.8 Å².